The highest BCUT2D eigenvalue weighted by Crippen LogP contribution is 2.30. The maximum atomic E-state index is 5.95. The Morgan fingerprint density at radius 3 is 2.78 bits per heavy atom. The molecule has 5 heteroatoms. The number of fused-ring (bicyclic) bond motifs is 1. The highest BCUT2D eigenvalue weighted by atomic mass is 79.9. The van der Waals surface area contributed by atoms with Crippen molar-refractivity contribution in [1.29, 1.82) is 0 Å². The number of anilines is 1. The van der Waals surface area contributed by atoms with E-state index in [2.05, 4.69) is 20.9 Å². The molecule has 3 nitrogen and oxygen atoms in total. The summed E-state index contributed by atoms with van der Waals surface area (Å²) in [4.78, 5) is 4.41. The van der Waals surface area contributed by atoms with Crippen LogP contribution in [0.4, 0.5) is 5.69 Å². The summed E-state index contributed by atoms with van der Waals surface area (Å²) < 4.78 is 6.48. The Bertz CT molecular complexity index is 739. The smallest absolute Gasteiger partial charge is 0.227 e. The largest absolute Gasteiger partial charge is 0.436 e. The van der Waals surface area contributed by atoms with E-state index in [1.165, 1.54) is 0 Å². The summed E-state index contributed by atoms with van der Waals surface area (Å²) in [6.07, 6.45) is 0. The van der Waals surface area contributed by atoms with Crippen LogP contribution in [0.15, 0.2) is 45.3 Å². The molecule has 2 N–H and O–H groups in total. The average Bonchev–Trinajstić information content (AvgIpc) is 2.75. The second kappa shape index (κ2) is 4.30. The third kappa shape index (κ3) is 1.98. The number of aromatic nitrogens is 1. The van der Waals surface area contributed by atoms with Gasteiger partial charge in [0, 0.05) is 21.8 Å². The molecule has 3 rings (SSSR count). The molecule has 0 radical (unpaired) electrons. The molecule has 0 saturated carbocycles. The normalized spacial score (nSPS) is 11.0. The molecule has 3 aromatic rings. The van der Waals surface area contributed by atoms with Gasteiger partial charge in [-0.15, -0.1) is 0 Å². The molecule has 0 atom stereocenters. The lowest BCUT2D eigenvalue weighted by atomic mass is 10.2. The zero-order valence-corrected chi connectivity index (χ0v) is 11.5. The van der Waals surface area contributed by atoms with E-state index in [1.807, 2.05) is 18.2 Å². The Kier molecular flexibility index (Phi) is 2.76. The first-order valence-corrected chi connectivity index (χ1v) is 6.42. The molecule has 2 aromatic carbocycles. The van der Waals surface area contributed by atoms with Crippen molar-refractivity contribution in [1.82, 2.24) is 4.98 Å². The second-order valence-electron chi connectivity index (χ2n) is 3.88. The van der Waals surface area contributed by atoms with E-state index in [0.29, 0.717) is 22.2 Å². The Morgan fingerprint density at radius 2 is 2.00 bits per heavy atom. The quantitative estimate of drug-likeness (QED) is 0.671. The zero-order chi connectivity index (χ0) is 12.7. The van der Waals surface area contributed by atoms with E-state index in [1.54, 1.807) is 18.2 Å². The van der Waals surface area contributed by atoms with Gasteiger partial charge in [-0.3, -0.25) is 0 Å². The van der Waals surface area contributed by atoms with E-state index in [4.69, 9.17) is 21.8 Å². The van der Waals surface area contributed by atoms with E-state index in [0.717, 1.165) is 15.6 Å². The van der Waals surface area contributed by atoms with Crippen LogP contribution in [0.1, 0.15) is 0 Å². The first kappa shape index (κ1) is 11.6. The van der Waals surface area contributed by atoms with Gasteiger partial charge in [-0.05, 0) is 46.3 Å². The molecule has 0 amide bonds. The minimum absolute atomic E-state index is 0.549. The number of hydrogen-bond acceptors (Lipinski definition) is 3. The number of halogens is 2. The lowest BCUT2D eigenvalue weighted by Crippen LogP contribution is -1.81. The number of nitrogen functional groups attached to an aromatic ring is 1. The third-order valence-corrected chi connectivity index (χ3v) is 3.79. The van der Waals surface area contributed by atoms with Crippen LogP contribution in [0.25, 0.3) is 22.6 Å². The van der Waals surface area contributed by atoms with Crippen molar-refractivity contribution in [2.75, 3.05) is 5.73 Å². The summed E-state index contributed by atoms with van der Waals surface area (Å²) in [7, 11) is 0. The van der Waals surface area contributed by atoms with Crippen molar-refractivity contribution >= 4 is 44.3 Å². The predicted molar refractivity (Wildman–Crippen MR) is 76.6 cm³/mol. The number of rotatable bonds is 1. The molecule has 0 spiro atoms. The number of nitrogens with zero attached hydrogens (tertiary/aromatic N) is 1. The highest BCUT2D eigenvalue weighted by molar-refractivity contribution is 9.10. The van der Waals surface area contributed by atoms with Crippen LogP contribution in [-0.4, -0.2) is 4.98 Å². The van der Waals surface area contributed by atoms with Crippen molar-refractivity contribution in [2.24, 2.45) is 0 Å². The van der Waals surface area contributed by atoms with Crippen LogP contribution in [0.3, 0.4) is 0 Å². The summed E-state index contributed by atoms with van der Waals surface area (Å²) in [6, 6.07) is 10.9. The van der Waals surface area contributed by atoms with E-state index in [-0.39, 0.29) is 0 Å². The van der Waals surface area contributed by atoms with Gasteiger partial charge in [0.15, 0.2) is 5.58 Å². The predicted octanol–water partition coefficient (Wildman–Crippen LogP) is 4.49. The van der Waals surface area contributed by atoms with Gasteiger partial charge in [0.1, 0.15) is 5.52 Å². The fraction of sp³-hybridized carbons (Fsp3) is 0. The monoisotopic (exact) mass is 322 g/mol. The Labute approximate surface area is 117 Å². The van der Waals surface area contributed by atoms with Crippen molar-refractivity contribution in [3.05, 3.63) is 45.9 Å². The lowest BCUT2D eigenvalue weighted by Gasteiger charge is -1.98. The lowest BCUT2D eigenvalue weighted by molar-refractivity contribution is 0.620. The number of hydrogen-bond donors (Lipinski definition) is 1. The molecule has 90 valence electrons. The van der Waals surface area contributed by atoms with E-state index < -0.39 is 0 Å². The molecule has 0 aliphatic carbocycles. The van der Waals surface area contributed by atoms with Gasteiger partial charge in [-0.2, -0.15) is 0 Å². The topological polar surface area (TPSA) is 52.0 Å². The summed E-state index contributed by atoms with van der Waals surface area (Å²) in [5.41, 5.74) is 8.68. The van der Waals surface area contributed by atoms with Crippen LogP contribution in [0.2, 0.25) is 5.02 Å². The summed E-state index contributed by atoms with van der Waals surface area (Å²) in [6.45, 7) is 0. The van der Waals surface area contributed by atoms with Crippen LogP contribution in [0.5, 0.6) is 0 Å². The SMILES string of the molecule is Nc1ccc2nc(-c3ccc(Cl)c(Br)c3)oc2c1. The van der Waals surface area contributed by atoms with E-state index >= 15 is 0 Å². The number of benzene rings is 2. The second-order valence-corrected chi connectivity index (χ2v) is 5.14. The van der Waals surface area contributed by atoms with Gasteiger partial charge < -0.3 is 10.2 Å². The summed E-state index contributed by atoms with van der Waals surface area (Å²) in [5.74, 6) is 0.549. The van der Waals surface area contributed by atoms with Gasteiger partial charge in [0.25, 0.3) is 0 Å². The Hall–Kier alpha value is -1.52. The van der Waals surface area contributed by atoms with Crippen molar-refractivity contribution in [3.63, 3.8) is 0 Å². The average molecular weight is 324 g/mol. The van der Waals surface area contributed by atoms with Crippen LogP contribution in [0, 0.1) is 0 Å². The number of oxazole rings is 1. The molecule has 1 aromatic heterocycles. The molecule has 0 aliphatic heterocycles. The molecule has 0 saturated heterocycles. The van der Waals surface area contributed by atoms with Gasteiger partial charge in [0.05, 0.1) is 5.02 Å². The van der Waals surface area contributed by atoms with Gasteiger partial charge >= 0.3 is 0 Å². The minimum Gasteiger partial charge on any atom is -0.436 e. The molecule has 0 bridgehead atoms. The van der Waals surface area contributed by atoms with Crippen molar-refractivity contribution in [3.8, 4) is 11.5 Å². The summed E-state index contributed by atoms with van der Waals surface area (Å²) in [5, 5.41) is 0.652. The van der Waals surface area contributed by atoms with Gasteiger partial charge in [-0.25, -0.2) is 4.98 Å². The minimum atomic E-state index is 0.549. The molecular formula is C13H8BrClN2O. The van der Waals surface area contributed by atoms with Crippen LogP contribution >= 0.6 is 27.5 Å². The maximum absolute atomic E-state index is 5.95. The fourth-order valence-corrected chi connectivity index (χ4v) is 2.19. The van der Waals surface area contributed by atoms with E-state index in [9.17, 15) is 0 Å². The first-order chi connectivity index (χ1) is 8.63. The molecule has 0 unspecified atom stereocenters. The third-order valence-electron chi connectivity index (χ3n) is 2.58. The van der Waals surface area contributed by atoms with Crippen LogP contribution < -0.4 is 5.73 Å². The molecule has 1 heterocycles. The van der Waals surface area contributed by atoms with Crippen molar-refractivity contribution < 1.29 is 4.42 Å². The summed E-state index contributed by atoms with van der Waals surface area (Å²) >= 11 is 9.33. The Morgan fingerprint density at radius 1 is 1.17 bits per heavy atom. The first-order valence-electron chi connectivity index (χ1n) is 5.25. The molecule has 18 heavy (non-hydrogen) atoms. The van der Waals surface area contributed by atoms with Crippen LogP contribution in [-0.2, 0) is 0 Å². The fourth-order valence-electron chi connectivity index (χ4n) is 1.69. The standard InChI is InChI=1S/C13H8BrClN2O/c14-9-5-7(1-3-10(9)15)13-17-11-4-2-8(16)6-12(11)18-13/h1-6H,16H2. The number of nitrogens with two attached hydrogens (primary N) is 1. The zero-order valence-electron chi connectivity index (χ0n) is 9.15. The van der Waals surface area contributed by atoms with Crippen molar-refractivity contribution in [2.45, 2.75) is 0 Å². The van der Waals surface area contributed by atoms with Gasteiger partial charge in [-0.1, -0.05) is 11.6 Å². The van der Waals surface area contributed by atoms with Gasteiger partial charge in [0.2, 0.25) is 5.89 Å². The molecule has 0 aliphatic rings. The highest BCUT2D eigenvalue weighted by Gasteiger charge is 2.09. The Balaban J connectivity index is 2.16. The molecule has 0 fully saturated rings. The maximum Gasteiger partial charge on any atom is 0.227 e. The molecular weight excluding hydrogens is 316 g/mol.